The third-order valence-electron chi connectivity index (χ3n) is 4.71. The zero-order chi connectivity index (χ0) is 19.1. The van der Waals surface area contributed by atoms with Crippen molar-refractivity contribution in [1.82, 2.24) is 9.97 Å². The van der Waals surface area contributed by atoms with E-state index in [4.69, 9.17) is 14.4 Å². The van der Waals surface area contributed by atoms with Crippen molar-refractivity contribution >= 4 is 34.7 Å². The molecule has 2 N–H and O–H groups in total. The van der Waals surface area contributed by atoms with Crippen LogP contribution in [0.15, 0.2) is 83.3 Å². The van der Waals surface area contributed by atoms with Crippen LogP contribution in [0.25, 0.3) is 44.7 Å². The highest BCUT2D eigenvalue weighted by Gasteiger charge is 2.19. The van der Waals surface area contributed by atoms with E-state index in [1.165, 1.54) is 0 Å². The molecule has 0 bridgehead atoms. The molecule has 0 aliphatic heterocycles. The van der Waals surface area contributed by atoms with Crippen LogP contribution < -0.4 is 5.46 Å². The van der Waals surface area contributed by atoms with Crippen LogP contribution in [0, 0.1) is 0 Å². The smallest absolute Gasteiger partial charge is 0.452 e. The molecule has 134 valence electrons. The lowest BCUT2D eigenvalue weighted by atomic mass is 9.79. The van der Waals surface area contributed by atoms with Gasteiger partial charge in [-0.05, 0) is 17.6 Å². The number of benzene rings is 3. The molecule has 0 saturated carbocycles. The normalized spacial score (nSPS) is 11.2. The zero-order valence-corrected chi connectivity index (χ0v) is 14.8. The van der Waals surface area contributed by atoms with Crippen molar-refractivity contribution in [3.05, 3.63) is 78.9 Å². The minimum Gasteiger partial charge on any atom is -0.452 e. The van der Waals surface area contributed by atoms with Gasteiger partial charge in [-0.15, -0.1) is 0 Å². The molecule has 0 amide bonds. The van der Waals surface area contributed by atoms with Crippen LogP contribution in [0.2, 0.25) is 0 Å². The van der Waals surface area contributed by atoms with Gasteiger partial charge in [0.2, 0.25) is 0 Å². The van der Waals surface area contributed by atoms with Crippen molar-refractivity contribution < 1.29 is 14.5 Å². The van der Waals surface area contributed by atoms with Crippen LogP contribution in [-0.4, -0.2) is 27.1 Å². The van der Waals surface area contributed by atoms with Crippen molar-refractivity contribution in [3.63, 3.8) is 0 Å². The summed E-state index contributed by atoms with van der Waals surface area (Å²) in [5.74, 6) is 0.588. The van der Waals surface area contributed by atoms with Crippen LogP contribution in [0.5, 0.6) is 0 Å². The van der Waals surface area contributed by atoms with Gasteiger partial charge in [0.1, 0.15) is 16.8 Å². The summed E-state index contributed by atoms with van der Waals surface area (Å²) in [7, 11) is -1.55. The first-order valence-corrected chi connectivity index (χ1v) is 8.92. The average Bonchev–Trinajstić information content (AvgIpc) is 3.12. The number of hydrogen-bond acceptors (Lipinski definition) is 5. The van der Waals surface area contributed by atoms with Crippen molar-refractivity contribution in [1.29, 1.82) is 0 Å². The van der Waals surface area contributed by atoms with E-state index in [-0.39, 0.29) is 0 Å². The summed E-state index contributed by atoms with van der Waals surface area (Å²) < 4.78 is 6.08. The van der Waals surface area contributed by atoms with Crippen molar-refractivity contribution in [2.45, 2.75) is 0 Å². The topological polar surface area (TPSA) is 79.4 Å². The van der Waals surface area contributed by atoms with E-state index in [0.717, 1.165) is 27.6 Å². The van der Waals surface area contributed by atoms with Crippen LogP contribution in [-0.2, 0) is 0 Å². The predicted molar refractivity (Wildman–Crippen MR) is 110 cm³/mol. The fourth-order valence-electron chi connectivity index (χ4n) is 3.35. The minimum absolute atomic E-state index is 0.390. The first kappa shape index (κ1) is 16.7. The lowest BCUT2D eigenvalue weighted by Gasteiger charge is -2.07. The maximum absolute atomic E-state index is 9.55. The van der Waals surface area contributed by atoms with Gasteiger partial charge in [0, 0.05) is 16.5 Å². The van der Waals surface area contributed by atoms with Gasteiger partial charge >= 0.3 is 7.12 Å². The van der Waals surface area contributed by atoms with Crippen molar-refractivity contribution in [2.75, 3.05) is 0 Å². The number of aromatic nitrogens is 2. The Morgan fingerprint density at radius 2 is 1.50 bits per heavy atom. The Morgan fingerprint density at radius 3 is 2.32 bits per heavy atom. The summed E-state index contributed by atoms with van der Waals surface area (Å²) in [6, 6.07) is 24.5. The monoisotopic (exact) mass is 366 g/mol. The molecule has 3 aromatic carbocycles. The summed E-state index contributed by atoms with van der Waals surface area (Å²) in [6.07, 6.45) is 0. The van der Waals surface area contributed by atoms with Gasteiger partial charge in [-0.3, -0.25) is 0 Å². The highest BCUT2D eigenvalue weighted by atomic mass is 16.4. The quantitative estimate of drug-likeness (QED) is 0.479. The number of furan rings is 1. The summed E-state index contributed by atoms with van der Waals surface area (Å²) in [5.41, 5.74) is 4.67. The highest BCUT2D eigenvalue weighted by molar-refractivity contribution is 6.58. The lowest BCUT2D eigenvalue weighted by molar-refractivity contribution is 0.426. The Labute approximate surface area is 161 Å². The van der Waals surface area contributed by atoms with Crippen LogP contribution in [0.4, 0.5) is 0 Å². The van der Waals surface area contributed by atoms with Crippen LogP contribution >= 0.6 is 0 Å². The summed E-state index contributed by atoms with van der Waals surface area (Å²) >= 11 is 0. The Bertz CT molecular complexity index is 1300. The van der Waals surface area contributed by atoms with Gasteiger partial charge in [0.25, 0.3) is 0 Å². The molecule has 2 aromatic heterocycles. The first-order chi connectivity index (χ1) is 13.7. The summed E-state index contributed by atoms with van der Waals surface area (Å²) in [6.45, 7) is 0. The van der Waals surface area contributed by atoms with E-state index in [9.17, 15) is 10.0 Å². The minimum atomic E-state index is -1.55. The molecule has 0 fully saturated rings. The molecule has 0 radical (unpaired) electrons. The van der Waals surface area contributed by atoms with Gasteiger partial charge in [-0.1, -0.05) is 66.7 Å². The van der Waals surface area contributed by atoms with E-state index in [0.29, 0.717) is 22.6 Å². The number of hydrogen-bond donors (Lipinski definition) is 2. The molecule has 0 spiro atoms. The third kappa shape index (κ3) is 2.76. The van der Waals surface area contributed by atoms with E-state index in [1.54, 1.807) is 18.2 Å². The van der Waals surface area contributed by atoms with Gasteiger partial charge in [0.15, 0.2) is 11.4 Å². The molecule has 0 aliphatic carbocycles. The molecule has 6 heteroatoms. The zero-order valence-electron chi connectivity index (χ0n) is 14.8. The second-order valence-corrected chi connectivity index (χ2v) is 6.54. The molecule has 5 nitrogen and oxygen atoms in total. The molecule has 0 atom stereocenters. The number of fused-ring (bicyclic) bond motifs is 3. The molecule has 0 saturated heterocycles. The third-order valence-corrected chi connectivity index (χ3v) is 4.71. The Hall–Kier alpha value is -3.48. The van der Waals surface area contributed by atoms with Gasteiger partial charge in [-0.25, -0.2) is 9.97 Å². The first-order valence-electron chi connectivity index (χ1n) is 8.92. The number of rotatable bonds is 3. The fraction of sp³-hybridized carbons (Fsp3) is 0. The standard InChI is InChI=1S/C22H15BN2O3/c26-23(27)16-10-6-9-15(13-16)19-21-20(17-11-4-5-12-18(17)28-21)25-22(24-19)14-7-2-1-3-8-14/h1-13,26-27H. The molecule has 0 aliphatic rings. The average molecular weight is 366 g/mol. The molecular weight excluding hydrogens is 351 g/mol. The van der Waals surface area contributed by atoms with Crippen LogP contribution in [0.1, 0.15) is 0 Å². The lowest BCUT2D eigenvalue weighted by Crippen LogP contribution is -2.29. The number of nitrogens with zero attached hydrogens (tertiary/aromatic N) is 2. The molecule has 0 unspecified atom stereocenters. The second kappa shape index (κ2) is 6.60. The molecule has 28 heavy (non-hydrogen) atoms. The van der Waals surface area contributed by atoms with Gasteiger partial charge in [-0.2, -0.15) is 0 Å². The Kier molecular flexibility index (Phi) is 3.93. The molecule has 2 heterocycles. The van der Waals surface area contributed by atoms with E-state index in [1.807, 2.05) is 60.7 Å². The largest absolute Gasteiger partial charge is 0.488 e. The second-order valence-electron chi connectivity index (χ2n) is 6.54. The fourth-order valence-corrected chi connectivity index (χ4v) is 3.35. The summed E-state index contributed by atoms with van der Waals surface area (Å²) in [4.78, 5) is 9.54. The SMILES string of the molecule is OB(O)c1cccc(-c2nc(-c3ccccc3)nc3c2oc2ccccc23)c1. The molecule has 5 rings (SSSR count). The number of para-hydroxylation sites is 1. The maximum atomic E-state index is 9.55. The van der Waals surface area contributed by atoms with Crippen LogP contribution in [0.3, 0.4) is 0 Å². The van der Waals surface area contributed by atoms with E-state index < -0.39 is 7.12 Å². The predicted octanol–water partition coefficient (Wildman–Crippen LogP) is 3.39. The van der Waals surface area contributed by atoms with Crippen molar-refractivity contribution in [3.8, 4) is 22.6 Å². The Morgan fingerprint density at radius 1 is 0.750 bits per heavy atom. The molecular formula is C22H15BN2O3. The van der Waals surface area contributed by atoms with Crippen molar-refractivity contribution in [2.24, 2.45) is 0 Å². The van der Waals surface area contributed by atoms with E-state index in [2.05, 4.69) is 0 Å². The summed E-state index contributed by atoms with van der Waals surface area (Å²) in [5, 5.41) is 20.0. The van der Waals surface area contributed by atoms with E-state index >= 15 is 0 Å². The highest BCUT2D eigenvalue weighted by Crippen LogP contribution is 2.35. The van der Waals surface area contributed by atoms with Gasteiger partial charge in [0.05, 0.1) is 0 Å². The van der Waals surface area contributed by atoms with Gasteiger partial charge < -0.3 is 14.5 Å². The Balaban J connectivity index is 1.85. The molecule has 5 aromatic rings. The maximum Gasteiger partial charge on any atom is 0.488 e.